The number of anilines is 2. The highest BCUT2D eigenvalue weighted by Gasteiger charge is 2.16. The smallest absolute Gasteiger partial charge is 0.255 e. The van der Waals surface area contributed by atoms with Crippen molar-refractivity contribution in [3.63, 3.8) is 0 Å². The van der Waals surface area contributed by atoms with Gasteiger partial charge >= 0.3 is 0 Å². The van der Waals surface area contributed by atoms with Crippen molar-refractivity contribution < 1.29 is 19.1 Å². The highest BCUT2D eigenvalue weighted by molar-refractivity contribution is 9.10. The lowest BCUT2D eigenvalue weighted by Crippen LogP contribution is -2.22. The van der Waals surface area contributed by atoms with E-state index in [1.165, 1.54) is 18.9 Å². The molecule has 0 aliphatic rings. The molecule has 0 aliphatic heterocycles. The average molecular weight is 515 g/mol. The monoisotopic (exact) mass is 514 g/mol. The van der Waals surface area contributed by atoms with Crippen LogP contribution in [0.4, 0.5) is 11.4 Å². The SMILES string of the molecule is COc1ccc(C(=O)Nc2cccc(SC(C)C(=O)Nc3ccccc3Br)c2)cc1OC. The summed E-state index contributed by atoms with van der Waals surface area (Å²) in [5.41, 5.74) is 1.80. The van der Waals surface area contributed by atoms with Crippen LogP contribution in [0.3, 0.4) is 0 Å². The zero-order valence-electron chi connectivity index (χ0n) is 17.8. The van der Waals surface area contributed by atoms with Crippen molar-refractivity contribution in [2.45, 2.75) is 17.1 Å². The predicted molar refractivity (Wildman–Crippen MR) is 132 cm³/mol. The van der Waals surface area contributed by atoms with Gasteiger partial charge in [-0.1, -0.05) is 18.2 Å². The fraction of sp³-hybridized carbons (Fsp3) is 0.167. The number of ether oxygens (including phenoxy) is 2. The second kappa shape index (κ2) is 11.1. The van der Waals surface area contributed by atoms with E-state index in [0.717, 1.165) is 15.1 Å². The van der Waals surface area contributed by atoms with Crippen LogP contribution in [0.2, 0.25) is 0 Å². The van der Waals surface area contributed by atoms with Crippen LogP contribution in [-0.4, -0.2) is 31.3 Å². The molecule has 6 nitrogen and oxygen atoms in total. The number of hydrogen-bond donors (Lipinski definition) is 2. The number of rotatable bonds is 8. The van der Waals surface area contributed by atoms with E-state index in [4.69, 9.17) is 9.47 Å². The Morgan fingerprint density at radius 3 is 2.38 bits per heavy atom. The maximum Gasteiger partial charge on any atom is 0.255 e. The highest BCUT2D eigenvalue weighted by Crippen LogP contribution is 2.30. The quantitative estimate of drug-likeness (QED) is 0.369. The van der Waals surface area contributed by atoms with Gasteiger partial charge in [-0.25, -0.2) is 0 Å². The first-order chi connectivity index (χ1) is 15.4. The van der Waals surface area contributed by atoms with Gasteiger partial charge in [0.2, 0.25) is 5.91 Å². The maximum atomic E-state index is 12.7. The summed E-state index contributed by atoms with van der Waals surface area (Å²) in [6.07, 6.45) is 0. The van der Waals surface area contributed by atoms with Gasteiger partial charge in [0.05, 0.1) is 25.2 Å². The molecule has 8 heteroatoms. The van der Waals surface area contributed by atoms with Crippen LogP contribution < -0.4 is 20.1 Å². The molecular weight excluding hydrogens is 492 g/mol. The second-order valence-electron chi connectivity index (χ2n) is 6.78. The van der Waals surface area contributed by atoms with Gasteiger partial charge in [-0.3, -0.25) is 9.59 Å². The summed E-state index contributed by atoms with van der Waals surface area (Å²) in [6.45, 7) is 1.84. The molecule has 0 saturated heterocycles. The molecule has 0 fully saturated rings. The Balaban J connectivity index is 1.65. The van der Waals surface area contributed by atoms with Gasteiger partial charge in [-0.15, -0.1) is 11.8 Å². The van der Waals surface area contributed by atoms with Crippen molar-refractivity contribution in [1.29, 1.82) is 0 Å². The third-order valence-electron chi connectivity index (χ3n) is 4.55. The van der Waals surface area contributed by atoms with E-state index in [-0.39, 0.29) is 17.1 Å². The minimum Gasteiger partial charge on any atom is -0.493 e. The lowest BCUT2D eigenvalue weighted by atomic mass is 10.2. The van der Waals surface area contributed by atoms with Crippen molar-refractivity contribution in [3.05, 3.63) is 76.8 Å². The Morgan fingerprint density at radius 2 is 1.66 bits per heavy atom. The number of halogens is 1. The molecule has 0 saturated carbocycles. The minimum atomic E-state index is -0.334. The Hall–Kier alpha value is -2.97. The molecule has 0 spiro atoms. The molecule has 3 aromatic carbocycles. The van der Waals surface area contributed by atoms with E-state index in [1.54, 1.807) is 31.4 Å². The molecule has 2 N–H and O–H groups in total. The van der Waals surface area contributed by atoms with Gasteiger partial charge in [-0.05, 0) is 71.4 Å². The number of carbonyl (C=O) groups is 2. The summed E-state index contributed by atoms with van der Waals surface area (Å²) in [6, 6.07) is 19.8. The molecule has 0 aliphatic carbocycles. The van der Waals surface area contributed by atoms with Crippen molar-refractivity contribution in [2.75, 3.05) is 24.9 Å². The lowest BCUT2D eigenvalue weighted by Gasteiger charge is -2.14. The molecule has 1 unspecified atom stereocenters. The van der Waals surface area contributed by atoms with Crippen LogP contribution in [0.1, 0.15) is 17.3 Å². The van der Waals surface area contributed by atoms with E-state index in [9.17, 15) is 9.59 Å². The summed E-state index contributed by atoms with van der Waals surface area (Å²) in [7, 11) is 3.06. The maximum absolute atomic E-state index is 12.7. The Bertz CT molecular complexity index is 1120. The zero-order valence-corrected chi connectivity index (χ0v) is 20.2. The summed E-state index contributed by atoms with van der Waals surface area (Å²) >= 11 is 4.84. The van der Waals surface area contributed by atoms with Gasteiger partial charge in [-0.2, -0.15) is 0 Å². The van der Waals surface area contributed by atoms with Crippen LogP contribution in [0, 0.1) is 0 Å². The molecule has 166 valence electrons. The Morgan fingerprint density at radius 1 is 0.906 bits per heavy atom. The zero-order chi connectivity index (χ0) is 23.1. The summed E-state index contributed by atoms with van der Waals surface area (Å²) < 4.78 is 11.3. The first-order valence-corrected chi connectivity index (χ1v) is 11.4. The fourth-order valence-electron chi connectivity index (χ4n) is 2.88. The normalized spacial score (nSPS) is 11.4. The van der Waals surface area contributed by atoms with E-state index in [1.807, 2.05) is 49.4 Å². The lowest BCUT2D eigenvalue weighted by molar-refractivity contribution is -0.115. The topological polar surface area (TPSA) is 76.7 Å². The van der Waals surface area contributed by atoms with Gasteiger partial charge in [0.1, 0.15) is 0 Å². The third-order valence-corrected chi connectivity index (χ3v) is 6.34. The van der Waals surface area contributed by atoms with Crippen LogP contribution in [0.15, 0.2) is 76.1 Å². The van der Waals surface area contributed by atoms with Crippen LogP contribution in [-0.2, 0) is 4.79 Å². The fourth-order valence-corrected chi connectivity index (χ4v) is 4.19. The third kappa shape index (κ3) is 6.05. The predicted octanol–water partition coefficient (Wildman–Crippen LogP) is 5.84. The Kier molecular flexibility index (Phi) is 8.19. The van der Waals surface area contributed by atoms with Crippen LogP contribution >= 0.6 is 27.7 Å². The van der Waals surface area contributed by atoms with Crippen LogP contribution in [0.5, 0.6) is 11.5 Å². The summed E-state index contributed by atoms with van der Waals surface area (Å²) in [4.78, 5) is 26.1. The number of hydrogen-bond acceptors (Lipinski definition) is 5. The second-order valence-corrected chi connectivity index (χ2v) is 9.05. The van der Waals surface area contributed by atoms with Crippen molar-refractivity contribution in [1.82, 2.24) is 0 Å². The number of methoxy groups -OCH3 is 2. The van der Waals surface area contributed by atoms with Gasteiger partial charge in [0.15, 0.2) is 11.5 Å². The molecule has 0 aromatic heterocycles. The molecule has 3 rings (SSSR count). The average Bonchev–Trinajstić information content (AvgIpc) is 2.80. The molecule has 1 atom stereocenters. The molecule has 32 heavy (non-hydrogen) atoms. The van der Waals surface area contributed by atoms with Gasteiger partial charge < -0.3 is 20.1 Å². The molecular formula is C24H23BrN2O4S. The van der Waals surface area contributed by atoms with Gasteiger partial charge in [0.25, 0.3) is 5.91 Å². The number of amides is 2. The van der Waals surface area contributed by atoms with Crippen molar-refractivity contribution >= 4 is 50.9 Å². The van der Waals surface area contributed by atoms with Gasteiger partial charge in [0, 0.05) is 20.6 Å². The highest BCUT2D eigenvalue weighted by atomic mass is 79.9. The minimum absolute atomic E-state index is 0.110. The van der Waals surface area contributed by atoms with Crippen molar-refractivity contribution in [2.24, 2.45) is 0 Å². The molecule has 0 bridgehead atoms. The number of para-hydroxylation sites is 1. The number of nitrogens with one attached hydrogen (secondary N) is 2. The first-order valence-electron chi connectivity index (χ1n) is 9.76. The largest absolute Gasteiger partial charge is 0.493 e. The van der Waals surface area contributed by atoms with E-state index in [2.05, 4.69) is 26.6 Å². The van der Waals surface area contributed by atoms with E-state index in [0.29, 0.717) is 22.7 Å². The van der Waals surface area contributed by atoms with Crippen LogP contribution in [0.25, 0.3) is 0 Å². The van der Waals surface area contributed by atoms with E-state index >= 15 is 0 Å². The number of carbonyl (C=O) groups excluding carboxylic acids is 2. The first kappa shape index (κ1) is 23.7. The number of benzene rings is 3. The van der Waals surface area contributed by atoms with E-state index < -0.39 is 0 Å². The Labute approximate surface area is 199 Å². The van der Waals surface area contributed by atoms with Crippen molar-refractivity contribution in [3.8, 4) is 11.5 Å². The number of thioether (sulfide) groups is 1. The summed E-state index contributed by atoms with van der Waals surface area (Å²) in [5, 5.41) is 5.47. The summed E-state index contributed by atoms with van der Waals surface area (Å²) in [5.74, 6) is 0.654. The molecule has 0 radical (unpaired) electrons. The molecule has 0 heterocycles. The standard InChI is InChI=1S/C24H23BrN2O4S/c1-15(23(28)27-20-10-5-4-9-19(20)25)32-18-8-6-7-17(14-18)26-24(29)16-11-12-21(30-2)22(13-16)31-3/h4-15H,1-3H3,(H,26,29)(H,27,28). The molecule has 2 amide bonds. The molecule has 3 aromatic rings.